The average Bonchev–Trinajstić information content (AvgIpc) is 3.39. The second-order valence-corrected chi connectivity index (χ2v) is 6.62. The second kappa shape index (κ2) is 7.45. The van der Waals surface area contributed by atoms with Crippen LogP contribution in [0, 0.1) is 5.82 Å². The monoisotopic (exact) mass is 401 g/mol. The summed E-state index contributed by atoms with van der Waals surface area (Å²) >= 11 is 0. The maximum Gasteiger partial charge on any atom is 0.265 e. The van der Waals surface area contributed by atoms with E-state index >= 15 is 0 Å². The molecule has 8 nitrogen and oxygen atoms in total. The molecule has 0 saturated carbocycles. The van der Waals surface area contributed by atoms with Crippen LogP contribution in [0.25, 0.3) is 16.9 Å². The molecule has 30 heavy (non-hydrogen) atoms. The number of halogens is 1. The molecule has 9 heteroatoms. The summed E-state index contributed by atoms with van der Waals surface area (Å²) in [6.07, 6.45) is 6.36. The first kappa shape index (κ1) is 18.1. The van der Waals surface area contributed by atoms with Crippen molar-refractivity contribution >= 4 is 5.90 Å². The van der Waals surface area contributed by atoms with Gasteiger partial charge in [-0.3, -0.25) is 9.97 Å². The molecule has 0 saturated heterocycles. The Morgan fingerprint density at radius 3 is 2.57 bits per heavy atom. The highest BCUT2D eigenvalue weighted by Crippen LogP contribution is 2.32. The van der Waals surface area contributed by atoms with Crippen LogP contribution < -0.4 is 0 Å². The Kier molecular flexibility index (Phi) is 4.49. The van der Waals surface area contributed by atoms with Crippen molar-refractivity contribution in [2.75, 3.05) is 7.05 Å². The lowest BCUT2D eigenvalue weighted by Crippen LogP contribution is -2.19. The summed E-state index contributed by atoms with van der Waals surface area (Å²) in [6, 6.07) is 13.8. The highest BCUT2D eigenvalue weighted by Gasteiger charge is 2.32. The summed E-state index contributed by atoms with van der Waals surface area (Å²) in [6.45, 7) is 0. The van der Waals surface area contributed by atoms with Gasteiger partial charge in [0, 0.05) is 43.0 Å². The molecule has 0 spiro atoms. The Labute approximate surface area is 171 Å². The topological polar surface area (TPSA) is 81.3 Å². The van der Waals surface area contributed by atoms with E-state index in [0.29, 0.717) is 17.3 Å². The van der Waals surface area contributed by atoms with E-state index in [1.165, 1.54) is 10.7 Å². The third-order valence-corrected chi connectivity index (χ3v) is 4.70. The number of nitrogens with zero attached hydrogens (tertiary/aromatic N) is 7. The molecule has 3 aromatic heterocycles. The summed E-state index contributed by atoms with van der Waals surface area (Å²) in [5, 5.41) is 10.1. The molecule has 0 N–H and O–H groups in total. The van der Waals surface area contributed by atoms with E-state index < -0.39 is 5.82 Å². The minimum absolute atomic E-state index is 0.277. The van der Waals surface area contributed by atoms with E-state index in [0.717, 1.165) is 11.1 Å². The maximum absolute atomic E-state index is 14.5. The van der Waals surface area contributed by atoms with Crippen molar-refractivity contribution in [1.82, 2.24) is 30.0 Å². The molecule has 1 aliphatic heterocycles. The van der Waals surface area contributed by atoms with Gasteiger partial charge < -0.3 is 4.84 Å². The number of benzene rings is 1. The Hall–Kier alpha value is -3.98. The highest BCUT2D eigenvalue weighted by molar-refractivity contribution is 5.98. The SMILES string of the molecule is CN1OC(c2nnn(-c3ccccc3F)c2-c2ccncc2)=NC1c1cccnc1. The molecule has 0 bridgehead atoms. The fourth-order valence-corrected chi connectivity index (χ4v) is 3.31. The normalized spacial score (nSPS) is 16.3. The minimum Gasteiger partial charge on any atom is -0.381 e. The quantitative estimate of drug-likeness (QED) is 0.522. The lowest BCUT2D eigenvalue weighted by molar-refractivity contribution is -0.0574. The van der Waals surface area contributed by atoms with Crippen molar-refractivity contribution in [1.29, 1.82) is 0 Å². The van der Waals surface area contributed by atoms with Crippen molar-refractivity contribution in [3.8, 4) is 16.9 Å². The maximum atomic E-state index is 14.5. The van der Waals surface area contributed by atoms with Crippen molar-refractivity contribution in [3.63, 3.8) is 0 Å². The molecule has 148 valence electrons. The average molecular weight is 401 g/mol. The van der Waals surface area contributed by atoms with Crippen LogP contribution in [0.2, 0.25) is 0 Å². The van der Waals surface area contributed by atoms with Gasteiger partial charge in [-0.25, -0.2) is 14.1 Å². The Morgan fingerprint density at radius 2 is 1.80 bits per heavy atom. The Balaban J connectivity index is 1.66. The smallest absolute Gasteiger partial charge is 0.265 e. The molecular weight excluding hydrogens is 385 g/mol. The van der Waals surface area contributed by atoms with E-state index in [1.54, 1.807) is 67.2 Å². The van der Waals surface area contributed by atoms with E-state index in [4.69, 9.17) is 4.84 Å². The number of para-hydroxylation sites is 1. The van der Waals surface area contributed by atoms with Gasteiger partial charge in [-0.05, 0) is 30.3 Å². The van der Waals surface area contributed by atoms with Crippen LogP contribution in [0.4, 0.5) is 4.39 Å². The third-order valence-electron chi connectivity index (χ3n) is 4.70. The third kappa shape index (κ3) is 3.11. The predicted molar refractivity (Wildman–Crippen MR) is 107 cm³/mol. The zero-order chi connectivity index (χ0) is 20.5. The first-order valence-electron chi connectivity index (χ1n) is 9.22. The molecule has 0 amide bonds. The van der Waals surface area contributed by atoms with Crippen LogP contribution in [-0.2, 0) is 4.84 Å². The summed E-state index contributed by atoms with van der Waals surface area (Å²) in [5.74, 6) is -0.121. The van der Waals surface area contributed by atoms with Crippen molar-refractivity contribution in [2.45, 2.75) is 6.17 Å². The fourth-order valence-electron chi connectivity index (χ4n) is 3.31. The van der Waals surface area contributed by atoms with Gasteiger partial charge in [-0.1, -0.05) is 23.4 Å². The molecule has 0 fully saturated rings. The van der Waals surface area contributed by atoms with Crippen molar-refractivity contribution in [2.24, 2.45) is 4.99 Å². The molecule has 0 aliphatic carbocycles. The summed E-state index contributed by atoms with van der Waals surface area (Å²) in [7, 11) is 1.78. The Bertz CT molecular complexity index is 1210. The van der Waals surface area contributed by atoms with E-state index in [9.17, 15) is 4.39 Å². The van der Waals surface area contributed by atoms with Gasteiger partial charge in [0.1, 0.15) is 17.2 Å². The van der Waals surface area contributed by atoms with Crippen LogP contribution >= 0.6 is 0 Å². The van der Waals surface area contributed by atoms with E-state index in [2.05, 4.69) is 25.3 Å². The van der Waals surface area contributed by atoms with Crippen LogP contribution in [-0.4, -0.2) is 43.0 Å². The largest absolute Gasteiger partial charge is 0.381 e. The van der Waals surface area contributed by atoms with E-state index in [-0.39, 0.29) is 11.9 Å². The molecule has 1 atom stereocenters. The second-order valence-electron chi connectivity index (χ2n) is 6.62. The summed E-state index contributed by atoms with van der Waals surface area (Å²) in [4.78, 5) is 18.8. The Morgan fingerprint density at radius 1 is 0.967 bits per heavy atom. The van der Waals surface area contributed by atoms with Gasteiger partial charge in [-0.2, -0.15) is 0 Å². The van der Waals surface area contributed by atoms with Crippen LogP contribution in [0.5, 0.6) is 0 Å². The predicted octanol–water partition coefficient (Wildman–Crippen LogP) is 3.19. The van der Waals surface area contributed by atoms with Gasteiger partial charge in [0.25, 0.3) is 5.90 Å². The molecule has 0 radical (unpaired) electrons. The fraction of sp³-hybridized carbons (Fsp3) is 0.0952. The van der Waals surface area contributed by atoms with Crippen molar-refractivity contribution < 1.29 is 9.23 Å². The number of hydrogen-bond donors (Lipinski definition) is 0. The van der Waals surface area contributed by atoms with Gasteiger partial charge in [0.2, 0.25) is 0 Å². The number of hydrogen-bond acceptors (Lipinski definition) is 7. The summed E-state index contributed by atoms with van der Waals surface area (Å²) < 4.78 is 16.0. The molecule has 4 aromatic rings. The lowest BCUT2D eigenvalue weighted by Gasteiger charge is -2.15. The first-order valence-corrected chi connectivity index (χ1v) is 9.22. The zero-order valence-corrected chi connectivity index (χ0v) is 15.9. The van der Waals surface area contributed by atoms with Gasteiger partial charge in [0.05, 0.1) is 0 Å². The van der Waals surface area contributed by atoms with Crippen LogP contribution in [0.1, 0.15) is 17.4 Å². The van der Waals surface area contributed by atoms with Crippen molar-refractivity contribution in [3.05, 3.63) is 90.4 Å². The number of aliphatic imine (C=N–C) groups is 1. The molecule has 1 unspecified atom stereocenters. The summed E-state index contributed by atoms with van der Waals surface area (Å²) in [5.41, 5.74) is 2.87. The van der Waals surface area contributed by atoms with Gasteiger partial charge in [0.15, 0.2) is 11.9 Å². The first-order chi connectivity index (χ1) is 14.7. The molecule has 4 heterocycles. The number of rotatable bonds is 4. The molecule has 1 aliphatic rings. The standard InChI is InChI=1S/C21H16FN7O/c1-28-20(15-5-4-10-24-13-15)25-21(30-28)18-19(14-8-11-23-12-9-14)29(27-26-18)17-7-3-2-6-16(17)22/h2-13,20H,1H3. The van der Waals surface area contributed by atoms with Gasteiger partial charge in [-0.15, -0.1) is 10.2 Å². The minimum atomic E-state index is -0.413. The number of pyridine rings is 2. The van der Waals surface area contributed by atoms with E-state index in [1.807, 2.05) is 12.1 Å². The zero-order valence-electron chi connectivity index (χ0n) is 15.9. The lowest BCUT2D eigenvalue weighted by atomic mass is 10.1. The molecule has 5 rings (SSSR count). The van der Waals surface area contributed by atoms with Gasteiger partial charge >= 0.3 is 0 Å². The molecule has 1 aromatic carbocycles. The van der Waals surface area contributed by atoms with Crippen LogP contribution in [0.15, 0.2) is 78.3 Å². The number of hydroxylamine groups is 2. The number of aromatic nitrogens is 5. The molecular formula is C21H16FN7O. The highest BCUT2D eigenvalue weighted by atomic mass is 19.1. The van der Waals surface area contributed by atoms with Crippen LogP contribution in [0.3, 0.4) is 0 Å².